The van der Waals surface area contributed by atoms with Crippen molar-refractivity contribution in [2.75, 3.05) is 42.9 Å². The number of carbonyl (C=O) groups is 2. The molecule has 0 radical (unpaired) electrons. The first kappa shape index (κ1) is 20.4. The normalized spacial score (nSPS) is 21.6. The molecule has 2 fully saturated rings. The second-order valence-corrected chi connectivity index (χ2v) is 7.93. The molecular weight excluding hydrogens is 406 g/mol. The molecule has 8 nitrogen and oxygen atoms in total. The fraction of sp³-hybridized carbons (Fsp3) is 0.381. The molecule has 158 valence electrons. The van der Waals surface area contributed by atoms with Crippen molar-refractivity contribution in [2.45, 2.75) is 18.6 Å². The van der Waals surface area contributed by atoms with Crippen molar-refractivity contribution in [1.29, 1.82) is 0 Å². The van der Waals surface area contributed by atoms with Gasteiger partial charge in [-0.3, -0.25) is 4.79 Å². The number of pyridine rings is 1. The van der Waals surface area contributed by atoms with Crippen LogP contribution in [-0.2, 0) is 4.79 Å². The Morgan fingerprint density at radius 2 is 1.80 bits per heavy atom. The molecule has 2 aliphatic heterocycles. The van der Waals surface area contributed by atoms with Crippen LogP contribution in [0.2, 0.25) is 5.02 Å². The van der Waals surface area contributed by atoms with Crippen molar-refractivity contribution >= 4 is 35.0 Å². The van der Waals surface area contributed by atoms with Gasteiger partial charge >= 0.3 is 6.03 Å². The van der Waals surface area contributed by atoms with Crippen LogP contribution in [0.25, 0.3) is 0 Å². The smallest absolute Gasteiger partial charge is 0.322 e. The summed E-state index contributed by atoms with van der Waals surface area (Å²) < 4.78 is 0. The number of piperazine rings is 1. The topological polar surface area (TPSA) is 89.0 Å². The molecular formula is C21H24ClN5O3. The third-order valence-electron chi connectivity index (χ3n) is 5.49. The number of aromatic nitrogens is 1. The van der Waals surface area contributed by atoms with E-state index in [4.69, 9.17) is 11.6 Å². The molecule has 30 heavy (non-hydrogen) atoms. The van der Waals surface area contributed by atoms with Crippen molar-refractivity contribution in [1.82, 2.24) is 14.8 Å². The molecule has 0 bridgehead atoms. The second-order valence-electron chi connectivity index (χ2n) is 7.50. The quantitative estimate of drug-likeness (QED) is 0.779. The number of urea groups is 1. The zero-order valence-corrected chi connectivity index (χ0v) is 17.2. The second kappa shape index (κ2) is 8.89. The molecule has 9 heteroatoms. The summed E-state index contributed by atoms with van der Waals surface area (Å²) in [5, 5.41) is 13.5. The molecule has 3 heterocycles. The van der Waals surface area contributed by atoms with Gasteiger partial charge in [0.05, 0.1) is 6.10 Å². The number of hydrogen-bond acceptors (Lipinski definition) is 5. The maximum absolute atomic E-state index is 13.1. The molecule has 2 saturated heterocycles. The molecule has 2 aromatic rings. The van der Waals surface area contributed by atoms with Crippen molar-refractivity contribution < 1.29 is 14.7 Å². The Hall–Kier alpha value is -2.84. The molecule has 0 saturated carbocycles. The highest BCUT2D eigenvalue weighted by Crippen LogP contribution is 2.23. The summed E-state index contributed by atoms with van der Waals surface area (Å²) in [7, 11) is 0. The first-order chi connectivity index (χ1) is 14.5. The lowest BCUT2D eigenvalue weighted by Gasteiger charge is -2.37. The van der Waals surface area contributed by atoms with Gasteiger partial charge in [-0.2, -0.15) is 0 Å². The van der Waals surface area contributed by atoms with E-state index in [9.17, 15) is 14.7 Å². The minimum absolute atomic E-state index is 0.126. The van der Waals surface area contributed by atoms with E-state index in [2.05, 4.69) is 15.2 Å². The van der Waals surface area contributed by atoms with Crippen LogP contribution in [0.4, 0.5) is 16.3 Å². The van der Waals surface area contributed by atoms with Crippen LogP contribution in [0.1, 0.15) is 6.42 Å². The number of carbonyl (C=O) groups excluding carboxylic acids is 2. The van der Waals surface area contributed by atoms with Crippen molar-refractivity contribution in [3.05, 3.63) is 53.7 Å². The summed E-state index contributed by atoms with van der Waals surface area (Å²) >= 11 is 5.88. The van der Waals surface area contributed by atoms with E-state index in [0.29, 0.717) is 36.9 Å². The van der Waals surface area contributed by atoms with E-state index < -0.39 is 18.2 Å². The van der Waals surface area contributed by atoms with Gasteiger partial charge in [0.25, 0.3) is 0 Å². The molecule has 0 spiro atoms. The summed E-state index contributed by atoms with van der Waals surface area (Å²) in [6.07, 6.45) is 1.28. The maximum atomic E-state index is 13.1. The van der Waals surface area contributed by atoms with Crippen LogP contribution in [0.5, 0.6) is 0 Å². The van der Waals surface area contributed by atoms with E-state index in [-0.39, 0.29) is 18.9 Å². The van der Waals surface area contributed by atoms with Crippen molar-refractivity contribution in [3.8, 4) is 0 Å². The lowest BCUT2D eigenvalue weighted by atomic mass is 10.1. The van der Waals surface area contributed by atoms with E-state index in [1.54, 1.807) is 35.4 Å². The summed E-state index contributed by atoms with van der Waals surface area (Å²) in [5.41, 5.74) is 0.584. The number of nitrogens with one attached hydrogen (secondary N) is 1. The van der Waals surface area contributed by atoms with Gasteiger partial charge in [-0.15, -0.1) is 0 Å². The molecule has 4 rings (SSSR count). The first-order valence-corrected chi connectivity index (χ1v) is 10.3. The number of nitrogens with zero attached hydrogens (tertiary/aromatic N) is 4. The first-order valence-electron chi connectivity index (χ1n) is 9.97. The van der Waals surface area contributed by atoms with Crippen molar-refractivity contribution in [3.63, 3.8) is 0 Å². The maximum Gasteiger partial charge on any atom is 0.322 e. The molecule has 0 unspecified atom stereocenters. The standard InChI is InChI=1S/C21H24ClN5O3/c22-15-4-6-16(7-5-15)24-21(30)27-14-17(28)13-18(27)20(29)26-11-9-25(10-12-26)19-3-1-2-8-23-19/h1-8,17-18,28H,9-14H2,(H,24,30)/t17-,18-/m1/s1. The van der Waals surface area contributed by atoms with Crippen LogP contribution in [0.15, 0.2) is 48.7 Å². The zero-order valence-electron chi connectivity index (χ0n) is 16.4. The van der Waals surface area contributed by atoms with Gasteiger partial charge in [0.1, 0.15) is 11.9 Å². The number of hydrogen-bond donors (Lipinski definition) is 2. The Morgan fingerprint density at radius 3 is 2.47 bits per heavy atom. The SMILES string of the molecule is O=C([C@H]1C[C@@H](O)CN1C(=O)Nc1ccc(Cl)cc1)N1CCN(c2ccccn2)CC1. The third kappa shape index (κ3) is 4.49. The number of amides is 3. The number of aliphatic hydroxyl groups is 1. The molecule has 2 atom stereocenters. The Morgan fingerprint density at radius 1 is 1.07 bits per heavy atom. The number of likely N-dealkylation sites (tertiary alicyclic amines) is 1. The predicted octanol–water partition coefficient (Wildman–Crippen LogP) is 2.05. The van der Waals surface area contributed by atoms with Crippen LogP contribution >= 0.6 is 11.6 Å². The van der Waals surface area contributed by atoms with E-state index >= 15 is 0 Å². The number of rotatable bonds is 3. The summed E-state index contributed by atoms with van der Waals surface area (Å²) in [6.45, 7) is 2.58. The van der Waals surface area contributed by atoms with Gasteiger partial charge in [-0.1, -0.05) is 17.7 Å². The Kier molecular flexibility index (Phi) is 6.06. The van der Waals surface area contributed by atoms with Crippen LogP contribution in [0, 0.1) is 0 Å². The Labute approximate surface area is 180 Å². The van der Waals surface area contributed by atoms with E-state index in [1.807, 2.05) is 18.2 Å². The average molecular weight is 430 g/mol. The minimum atomic E-state index is -0.718. The van der Waals surface area contributed by atoms with Crippen LogP contribution < -0.4 is 10.2 Å². The Bertz CT molecular complexity index is 887. The highest BCUT2D eigenvalue weighted by Gasteiger charge is 2.41. The minimum Gasteiger partial charge on any atom is -0.391 e. The van der Waals surface area contributed by atoms with Gasteiger partial charge in [-0.05, 0) is 36.4 Å². The summed E-state index contributed by atoms with van der Waals surface area (Å²) in [6, 6.07) is 11.4. The number of aliphatic hydroxyl groups excluding tert-OH is 1. The van der Waals surface area contributed by atoms with Crippen LogP contribution in [-0.4, -0.2) is 76.7 Å². The highest BCUT2D eigenvalue weighted by molar-refractivity contribution is 6.30. The van der Waals surface area contributed by atoms with Gasteiger partial charge in [0, 0.05) is 56.1 Å². The van der Waals surface area contributed by atoms with Crippen LogP contribution in [0.3, 0.4) is 0 Å². The van der Waals surface area contributed by atoms with Crippen molar-refractivity contribution in [2.24, 2.45) is 0 Å². The van der Waals surface area contributed by atoms with Gasteiger partial charge in [0.15, 0.2) is 0 Å². The molecule has 1 aromatic heterocycles. The summed E-state index contributed by atoms with van der Waals surface area (Å²) in [4.78, 5) is 35.6. The third-order valence-corrected chi connectivity index (χ3v) is 5.74. The predicted molar refractivity (Wildman–Crippen MR) is 115 cm³/mol. The monoisotopic (exact) mass is 429 g/mol. The summed E-state index contributed by atoms with van der Waals surface area (Å²) in [5.74, 6) is 0.767. The molecule has 3 amide bonds. The van der Waals surface area contributed by atoms with E-state index in [1.165, 1.54) is 4.90 Å². The molecule has 2 N–H and O–H groups in total. The van der Waals surface area contributed by atoms with E-state index in [0.717, 1.165) is 5.82 Å². The number of anilines is 2. The lowest BCUT2D eigenvalue weighted by molar-refractivity contribution is -0.135. The molecule has 1 aromatic carbocycles. The number of halogens is 1. The number of benzene rings is 1. The molecule has 0 aliphatic carbocycles. The fourth-order valence-corrected chi connectivity index (χ4v) is 4.03. The highest BCUT2D eigenvalue weighted by atomic mass is 35.5. The fourth-order valence-electron chi connectivity index (χ4n) is 3.91. The largest absolute Gasteiger partial charge is 0.391 e. The molecule has 2 aliphatic rings. The average Bonchev–Trinajstić information content (AvgIpc) is 3.17. The van der Waals surface area contributed by atoms with Gasteiger partial charge in [0.2, 0.25) is 5.91 Å². The van der Waals surface area contributed by atoms with Gasteiger partial charge in [-0.25, -0.2) is 9.78 Å². The lowest BCUT2D eigenvalue weighted by Crippen LogP contribution is -2.55. The Balaban J connectivity index is 1.38. The number of β-amino-alcohol motifs (C(OH)–C–C–N with tert-alkyl or cyclic N) is 1. The van der Waals surface area contributed by atoms with Gasteiger partial charge < -0.3 is 25.1 Å². The zero-order chi connectivity index (χ0) is 21.1.